The summed E-state index contributed by atoms with van der Waals surface area (Å²) in [6, 6.07) is 17.5. The molecule has 0 aliphatic rings. The second kappa shape index (κ2) is 12.2. The normalized spacial score (nSPS) is 12.8. The molecule has 3 N–H and O–H groups in total. The minimum atomic E-state index is -1.12. The molecule has 0 radical (unpaired) electrons. The van der Waals surface area contributed by atoms with Crippen molar-refractivity contribution in [1.82, 2.24) is 9.88 Å². The number of thiazole rings is 1. The van der Waals surface area contributed by atoms with E-state index in [1.165, 1.54) is 23.5 Å². The molecule has 8 heteroatoms. The zero-order valence-corrected chi connectivity index (χ0v) is 21.3. The van der Waals surface area contributed by atoms with Gasteiger partial charge in [-0.1, -0.05) is 43.3 Å². The number of aliphatic hydroxyl groups is 1. The fraction of sp³-hybridized carbons (Fsp3) is 0.241. The highest BCUT2D eigenvalue weighted by Gasteiger charge is 2.24. The maximum atomic E-state index is 13.7. The molecule has 2 atom stereocenters. The van der Waals surface area contributed by atoms with Crippen LogP contribution in [0.25, 0.3) is 10.6 Å². The van der Waals surface area contributed by atoms with Crippen molar-refractivity contribution in [3.8, 4) is 10.6 Å². The number of amides is 1. The molecular weight excluding hydrogens is 492 g/mol. The lowest BCUT2D eigenvalue weighted by Crippen LogP contribution is -2.46. The summed E-state index contributed by atoms with van der Waals surface area (Å²) in [6.45, 7) is 2.28. The Labute approximate surface area is 219 Å². The van der Waals surface area contributed by atoms with E-state index in [1.807, 2.05) is 35.7 Å². The van der Waals surface area contributed by atoms with E-state index in [-0.39, 0.29) is 25.4 Å². The van der Waals surface area contributed by atoms with Gasteiger partial charge in [-0.2, -0.15) is 0 Å². The number of hydrogen-bond acceptors (Lipinski definition) is 5. The highest BCUT2D eigenvalue weighted by Crippen LogP contribution is 2.24. The van der Waals surface area contributed by atoms with Gasteiger partial charge in [-0.05, 0) is 53.8 Å². The van der Waals surface area contributed by atoms with Crippen molar-refractivity contribution >= 4 is 17.2 Å². The van der Waals surface area contributed by atoms with Gasteiger partial charge in [-0.25, -0.2) is 13.8 Å². The Hall–Kier alpha value is -3.46. The van der Waals surface area contributed by atoms with E-state index < -0.39 is 23.8 Å². The van der Waals surface area contributed by atoms with Gasteiger partial charge in [0, 0.05) is 47.9 Å². The van der Waals surface area contributed by atoms with Crippen LogP contribution in [0.5, 0.6) is 0 Å². The molecule has 1 aromatic heterocycles. The molecule has 0 fully saturated rings. The largest absolute Gasteiger partial charge is 0.390 e. The van der Waals surface area contributed by atoms with E-state index in [0.717, 1.165) is 34.2 Å². The summed E-state index contributed by atoms with van der Waals surface area (Å²) in [5.74, 6) is -1.67. The standard InChI is InChI=1S/C29H29F2N3O2S/c1-2-19-5-3-6-20(11-19)17-34(18-27(35)26(32)14-21-12-24(30)16-25(31)13-21)29(36)23-8-4-7-22(15-23)28-33-9-10-37-28/h3-13,15-16,26-27,35H,2,14,17-18,32H2,1H3. The second-order valence-electron chi connectivity index (χ2n) is 8.99. The van der Waals surface area contributed by atoms with Crippen molar-refractivity contribution in [3.63, 3.8) is 0 Å². The average molecular weight is 522 g/mol. The first-order valence-corrected chi connectivity index (χ1v) is 13.0. The molecule has 0 saturated heterocycles. The van der Waals surface area contributed by atoms with Crippen LogP contribution in [0, 0.1) is 11.6 Å². The number of nitrogens with zero attached hydrogens (tertiary/aromatic N) is 2. The smallest absolute Gasteiger partial charge is 0.254 e. The predicted molar refractivity (Wildman–Crippen MR) is 142 cm³/mol. The number of aryl methyl sites for hydroxylation is 1. The number of nitrogens with two attached hydrogens (primary N) is 1. The third-order valence-electron chi connectivity index (χ3n) is 6.14. The Bertz CT molecular complexity index is 1330. The number of aromatic nitrogens is 1. The van der Waals surface area contributed by atoms with Crippen molar-refractivity contribution in [2.24, 2.45) is 5.73 Å². The molecule has 1 heterocycles. The highest BCUT2D eigenvalue weighted by atomic mass is 32.1. The van der Waals surface area contributed by atoms with E-state index in [2.05, 4.69) is 11.9 Å². The van der Waals surface area contributed by atoms with Crippen LogP contribution in [-0.2, 0) is 19.4 Å². The number of aliphatic hydroxyl groups excluding tert-OH is 1. The monoisotopic (exact) mass is 521 g/mol. The van der Waals surface area contributed by atoms with E-state index in [0.29, 0.717) is 11.1 Å². The zero-order valence-electron chi connectivity index (χ0n) is 20.5. The third kappa shape index (κ3) is 7.07. The molecule has 0 spiro atoms. The summed E-state index contributed by atoms with van der Waals surface area (Å²) in [5.41, 5.74) is 9.93. The molecule has 0 aliphatic heterocycles. The Balaban J connectivity index is 1.57. The van der Waals surface area contributed by atoms with Gasteiger partial charge in [-0.3, -0.25) is 4.79 Å². The van der Waals surface area contributed by atoms with Crippen LogP contribution in [-0.4, -0.2) is 39.6 Å². The van der Waals surface area contributed by atoms with Gasteiger partial charge in [0.15, 0.2) is 0 Å². The fourth-order valence-electron chi connectivity index (χ4n) is 4.22. The molecule has 4 rings (SSSR count). The van der Waals surface area contributed by atoms with Gasteiger partial charge in [0.25, 0.3) is 5.91 Å². The van der Waals surface area contributed by atoms with Gasteiger partial charge in [-0.15, -0.1) is 11.3 Å². The first-order valence-electron chi connectivity index (χ1n) is 12.1. The quantitative estimate of drug-likeness (QED) is 0.300. The molecule has 37 heavy (non-hydrogen) atoms. The van der Waals surface area contributed by atoms with E-state index in [9.17, 15) is 18.7 Å². The van der Waals surface area contributed by atoms with Crippen LogP contribution < -0.4 is 5.73 Å². The number of rotatable bonds is 10. The van der Waals surface area contributed by atoms with Crippen LogP contribution in [0.1, 0.15) is 34.0 Å². The summed E-state index contributed by atoms with van der Waals surface area (Å²) in [6.07, 6.45) is 1.51. The van der Waals surface area contributed by atoms with Crippen LogP contribution in [0.3, 0.4) is 0 Å². The van der Waals surface area contributed by atoms with Crippen molar-refractivity contribution in [2.45, 2.75) is 38.5 Å². The summed E-state index contributed by atoms with van der Waals surface area (Å²) in [7, 11) is 0. The minimum Gasteiger partial charge on any atom is -0.390 e. The Morgan fingerprint density at radius 2 is 1.76 bits per heavy atom. The number of carbonyl (C=O) groups excluding carboxylic acids is 1. The highest BCUT2D eigenvalue weighted by molar-refractivity contribution is 7.13. The summed E-state index contributed by atoms with van der Waals surface area (Å²) < 4.78 is 27.2. The lowest BCUT2D eigenvalue weighted by atomic mass is 10.0. The van der Waals surface area contributed by atoms with Crippen molar-refractivity contribution in [3.05, 3.63) is 112 Å². The van der Waals surface area contributed by atoms with Crippen LogP contribution in [0.15, 0.2) is 78.3 Å². The first kappa shape index (κ1) is 26.6. The molecule has 3 aromatic carbocycles. The molecule has 5 nitrogen and oxygen atoms in total. The van der Waals surface area contributed by atoms with E-state index >= 15 is 0 Å². The fourth-order valence-corrected chi connectivity index (χ4v) is 4.85. The van der Waals surface area contributed by atoms with Gasteiger partial charge < -0.3 is 15.7 Å². The average Bonchev–Trinajstić information content (AvgIpc) is 3.42. The molecular formula is C29H29F2N3O2S. The summed E-state index contributed by atoms with van der Waals surface area (Å²) >= 11 is 1.48. The molecule has 0 aliphatic carbocycles. The lowest BCUT2D eigenvalue weighted by Gasteiger charge is -2.28. The lowest BCUT2D eigenvalue weighted by molar-refractivity contribution is 0.0554. The number of benzene rings is 3. The van der Waals surface area contributed by atoms with Gasteiger partial charge in [0.05, 0.1) is 6.10 Å². The van der Waals surface area contributed by atoms with Gasteiger partial charge in [0.1, 0.15) is 16.6 Å². The molecule has 4 aromatic rings. The van der Waals surface area contributed by atoms with Crippen LogP contribution >= 0.6 is 11.3 Å². The molecule has 0 saturated carbocycles. The van der Waals surface area contributed by atoms with Crippen molar-refractivity contribution in [1.29, 1.82) is 0 Å². The molecule has 192 valence electrons. The Morgan fingerprint density at radius 1 is 1.03 bits per heavy atom. The maximum Gasteiger partial charge on any atom is 0.254 e. The zero-order chi connectivity index (χ0) is 26.4. The van der Waals surface area contributed by atoms with E-state index in [4.69, 9.17) is 5.73 Å². The first-order chi connectivity index (χ1) is 17.8. The van der Waals surface area contributed by atoms with Crippen molar-refractivity contribution in [2.75, 3.05) is 6.54 Å². The number of halogens is 2. The van der Waals surface area contributed by atoms with Crippen molar-refractivity contribution < 1.29 is 18.7 Å². The molecule has 1 amide bonds. The molecule has 2 unspecified atom stereocenters. The second-order valence-corrected chi connectivity index (χ2v) is 9.88. The van der Waals surface area contributed by atoms with E-state index in [1.54, 1.807) is 29.3 Å². The van der Waals surface area contributed by atoms with Gasteiger partial charge in [0.2, 0.25) is 0 Å². The SMILES string of the molecule is CCc1cccc(CN(CC(O)C(N)Cc2cc(F)cc(F)c2)C(=O)c2cccc(-c3nccs3)c2)c1. The Morgan fingerprint density at radius 3 is 2.46 bits per heavy atom. The summed E-state index contributed by atoms with van der Waals surface area (Å²) in [5, 5.41) is 13.6. The van der Waals surface area contributed by atoms with Crippen LogP contribution in [0.2, 0.25) is 0 Å². The predicted octanol–water partition coefficient (Wildman–Crippen LogP) is 5.22. The number of carbonyl (C=O) groups is 1. The third-order valence-corrected chi connectivity index (χ3v) is 6.97. The number of hydrogen-bond donors (Lipinski definition) is 2. The minimum absolute atomic E-state index is 0.0460. The maximum absolute atomic E-state index is 13.7. The van der Waals surface area contributed by atoms with Gasteiger partial charge >= 0.3 is 0 Å². The summed E-state index contributed by atoms with van der Waals surface area (Å²) in [4.78, 5) is 19.6. The Kier molecular flexibility index (Phi) is 8.76. The van der Waals surface area contributed by atoms with Crippen LogP contribution in [0.4, 0.5) is 8.78 Å². The molecule has 0 bridgehead atoms. The topological polar surface area (TPSA) is 79.5 Å².